The molecular formula is C25H24O6. The zero-order chi connectivity index (χ0) is 21.8. The predicted molar refractivity (Wildman–Crippen MR) is 115 cm³/mol. The number of aliphatic hydroxyl groups is 1. The summed E-state index contributed by atoms with van der Waals surface area (Å²) < 4.78 is 17.1. The van der Waals surface area contributed by atoms with Crippen molar-refractivity contribution in [3.63, 3.8) is 0 Å². The Labute approximate surface area is 180 Å². The molecule has 0 bridgehead atoms. The van der Waals surface area contributed by atoms with Gasteiger partial charge in [-0.05, 0) is 36.2 Å². The highest BCUT2D eigenvalue weighted by Gasteiger charge is 2.42. The van der Waals surface area contributed by atoms with Gasteiger partial charge in [0, 0.05) is 17.7 Å². The summed E-state index contributed by atoms with van der Waals surface area (Å²) >= 11 is 0. The summed E-state index contributed by atoms with van der Waals surface area (Å²) in [4.78, 5) is 12.7. The van der Waals surface area contributed by atoms with Crippen LogP contribution >= 0.6 is 0 Å². The number of ketones is 1. The Morgan fingerprint density at radius 2 is 1.74 bits per heavy atom. The van der Waals surface area contributed by atoms with E-state index in [1.54, 1.807) is 24.3 Å². The Hall–Kier alpha value is -3.51. The molecule has 0 saturated carbocycles. The number of fused-ring (bicyclic) bond motifs is 1. The molecule has 1 aliphatic heterocycles. The maximum absolute atomic E-state index is 12.7. The lowest BCUT2D eigenvalue weighted by molar-refractivity contribution is -0.147. The minimum absolute atomic E-state index is 0.0522. The Bertz CT molecular complexity index is 1060. The van der Waals surface area contributed by atoms with Crippen LogP contribution in [0.2, 0.25) is 0 Å². The molecule has 0 amide bonds. The molecule has 1 atom stereocenters. The molecule has 31 heavy (non-hydrogen) atoms. The number of phenolic OH excluding ortho intramolecular Hbond substituents is 1. The lowest BCUT2D eigenvalue weighted by Gasteiger charge is -2.34. The summed E-state index contributed by atoms with van der Waals surface area (Å²) in [5, 5.41) is 21.4. The largest absolute Gasteiger partial charge is 0.507 e. The second-order valence-corrected chi connectivity index (χ2v) is 7.45. The third kappa shape index (κ3) is 4.49. The van der Waals surface area contributed by atoms with E-state index in [4.69, 9.17) is 14.2 Å². The smallest absolute Gasteiger partial charge is 0.242 e. The monoisotopic (exact) mass is 420 g/mol. The summed E-state index contributed by atoms with van der Waals surface area (Å²) in [5.74, 6) is -1.38. The number of phenols is 1. The molecule has 0 fully saturated rings. The van der Waals surface area contributed by atoms with E-state index >= 15 is 0 Å². The quantitative estimate of drug-likeness (QED) is 0.582. The summed E-state index contributed by atoms with van der Waals surface area (Å²) in [6.07, 6.45) is 0.479. The van der Waals surface area contributed by atoms with Crippen molar-refractivity contribution in [2.45, 2.75) is 32.2 Å². The van der Waals surface area contributed by atoms with Crippen LogP contribution in [0.25, 0.3) is 0 Å². The van der Waals surface area contributed by atoms with Crippen molar-refractivity contribution in [1.82, 2.24) is 0 Å². The van der Waals surface area contributed by atoms with Crippen LogP contribution in [0.1, 0.15) is 41.3 Å². The van der Waals surface area contributed by atoms with Gasteiger partial charge in [-0.3, -0.25) is 4.79 Å². The van der Waals surface area contributed by atoms with Crippen LogP contribution in [0.4, 0.5) is 0 Å². The van der Waals surface area contributed by atoms with Crippen LogP contribution in [0.15, 0.2) is 66.7 Å². The van der Waals surface area contributed by atoms with Crippen molar-refractivity contribution in [2.24, 2.45) is 0 Å². The maximum Gasteiger partial charge on any atom is 0.242 e. The van der Waals surface area contributed by atoms with E-state index in [0.717, 1.165) is 12.0 Å². The van der Waals surface area contributed by atoms with Gasteiger partial charge in [0.1, 0.15) is 35.2 Å². The van der Waals surface area contributed by atoms with E-state index in [0.29, 0.717) is 30.3 Å². The van der Waals surface area contributed by atoms with E-state index in [-0.39, 0.29) is 23.5 Å². The average Bonchev–Trinajstić information content (AvgIpc) is 2.76. The van der Waals surface area contributed by atoms with Crippen molar-refractivity contribution < 1.29 is 29.2 Å². The van der Waals surface area contributed by atoms with Crippen LogP contribution in [0.3, 0.4) is 0 Å². The fourth-order valence-electron chi connectivity index (χ4n) is 3.48. The third-order valence-electron chi connectivity index (χ3n) is 5.04. The van der Waals surface area contributed by atoms with Crippen LogP contribution < -0.4 is 14.2 Å². The minimum atomic E-state index is -1.85. The Kier molecular flexibility index (Phi) is 5.82. The molecule has 0 radical (unpaired) electrons. The number of Topliss-reactive ketones (excluding diaryl/α,β-unsaturated/α-hetero) is 1. The number of rotatable bonds is 7. The molecule has 0 saturated heterocycles. The molecule has 0 spiro atoms. The molecular weight excluding hydrogens is 396 g/mol. The maximum atomic E-state index is 12.7. The lowest BCUT2D eigenvalue weighted by Crippen LogP contribution is -2.39. The van der Waals surface area contributed by atoms with Crippen LogP contribution in [0.5, 0.6) is 23.0 Å². The highest BCUT2D eigenvalue weighted by Crippen LogP contribution is 2.43. The first kappa shape index (κ1) is 20.8. The van der Waals surface area contributed by atoms with Crippen LogP contribution in [-0.2, 0) is 12.4 Å². The molecule has 3 aromatic rings. The second kappa shape index (κ2) is 8.70. The van der Waals surface area contributed by atoms with Gasteiger partial charge in [0.2, 0.25) is 5.79 Å². The SMILES string of the molecule is CCCOc1cc(O)c2c(c1)OC(O)(c1ccc(OCc3ccccc3)cc1)CC2=O. The fourth-order valence-corrected chi connectivity index (χ4v) is 3.48. The predicted octanol–water partition coefficient (Wildman–Crippen LogP) is 4.57. The molecule has 0 aliphatic carbocycles. The summed E-state index contributed by atoms with van der Waals surface area (Å²) in [7, 11) is 0. The molecule has 0 aromatic heterocycles. The highest BCUT2D eigenvalue weighted by molar-refractivity contribution is 6.03. The van der Waals surface area contributed by atoms with Crippen molar-refractivity contribution >= 4 is 5.78 Å². The average molecular weight is 420 g/mol. The summed E-state index contributed by atoms with van der Waals surface area (Å²) in [5.41, 5.74) is 1.51. The number of carbonyl (C=O) groups is 1. The first-order valence-electron chi connectivity index (χ1n) is 10.2. The first-order valence-corrected chi connectivity index (χ1v) is 10.2. The number of ether oxygens (including phenoxy) is 3. The Morgan fingerprint density at radius 1 is 1.00 bits per heavy atom. The molecule has 1 heterocycles. The van der Waals surface area contributed by atoms with E-state index < -0.39 is 11.6 Å². The number of benzene rings is 3. The van der Waals surface area contributed by atoms with Gasteiger partial charge >= 0.3 is 0 Å². The van der Waals surface area contributed by atoms with Crippen LogP contribution in [-0.4, -0.2) is 22.6 Å². The molecule has 1 unspecified atom stereocenters. The van der Waals surface area contributed by atoms with Gasteiger partial charge in [-0.1, -0.05) is 37.3 Å². The van der Waals surface area contributed by atoms with Gasteiger partial charge in [-0.25, -0.2) is 0 Å². The van der Waals surface area contributed by atoms with Crippen molar-refractivity contribution in [1.29, 1.82) is 0 Å². The molecule has 1 aliphatic rings. The number of aromatic hydroxyl groups is 1. The normalized spacial score (nSPS) is 17.5. The van der Waals surface area contributed by atoms with Crippen LogP contribution in [0, 0.1) is 0 Å². The lowest BCUT2D eigenvalue weighted by atomic mass is 9.92. The molecule has 2 N–H and O–H groups in total. The van der Waals surface area contributed by atoms with Gasteiger partial charge in [0.15, 0.2) is 5.78 Å². The Morgan fingerprint density at radius 3 is 2.45 bits per heavy atom. The van der Waals surface area contributed by atoms with Crippen molar-refractivity contribution in [3.8, 4) is 23.0 Å². The molecule has 3 aromatic carbocycles. The topological polar surface area (TPSA) is 85.2 Å². The highest BCUT2D eigenvalue weighted by atomic mass is 16.6. The molecule has 160 valence electrons. The Balaban J connectivity index is 1.53. The third-order valence-corrected chi connectivity index (χ3v) is 5.04. The molecule has 6 nitrogen and oxygen atoms in total. The zero-order valence-corrected chi connectivity index (χ0v) is 17.2. The second-order valence-electron chi connectivity index (χ2n) is 7.45. The van der Waals surface area contributed by atoms with Gasteiger partial charge < -0.3 is 24.4 Å². The van der Waals surface area contributed by atoms with Gasteiger partial charge in [-0.2, -0.15) is 0 Å². The summed E-state index contributed by atoms with van der Waals surface area (Å²) in [6, 6.07) is 19.5. The fraction of sp³-hybridized carbons (Fsp3) is 0.240. The van der Waals surface area contributed by atoms with E-state index in [1.807, 2.05) is 37.3 Å². The summed E-state index contributed by atoms with van der Waals surface area (Å²) in [6.45, 7) is 2.85. The number of carbonyl (C=O) groups excluding carboxylic acids is 1. The van der Waals surface area contributed by atoms with Gasteiger partial charge in [0.25, 0.3) is 0 Å². The molecule has 4 rings (SSSR count). The van der Waals surface area contributed by atoms with Gasteiger partial charge in [0.05, 0.1) is 13.0 Å². The van der Waals surface area contributed by atoms with E-state index in [9.17, 15) is 15.0 Å². The first-order chi connectivity index (χ1) is 15.0. The minimum Gasteiger partial charge on any atom is -0.507 e. The van der Waals surface area contributed by atoms with Crippen molar-refractivity contribution in [3.05, 3.63) is 83.4 Å². The standard InChI is InChI=1S/C25H24O6/c1-2-12-29-20-13-21(26)24-22(27)15-25(28,31-23(24)14-20)18-8-10-19(11-9-18)30-16-17-6-4-3-5-7-17/h3-11,13-14,26,28H,2,12,15-16H2,1H3. The van der Waals surface area contributed by atoms with Crippen molar-refractivity contribution in [2.75, 3.05) is 6.61 Å². The van der Waals surface area contributed by atoms with E-state index in [1.165, 1.54) is 12.1 Å². The zero-order valence-electron chi connectivity index (χ0n) is 17.2. The number of hydrogen-bond donors (Lipinski definition) is 2. The molecule has 6 heteroatoms. The number of hydrogen-bond acceptors (Lipinski definition) is 6. The van der Waals surface area contributed by atoms with Gasteiger partial charge in [-0.15, -0.1) is 0 Å². The van der Waals surface area contributed by atoms with E-state index in [2.05, 4.69) is 0 Å².